The first-order valence-corrected chi connectivity index (χ1v) is 15.6. The second-order valence-corrected chi connectivity index (χ2v) is 11.9. The molecule has 0 saturated heterocycles. The van der Waals surface area contributed by atoms with Gasteiger partial charge in [-0.2, -0.15) is 0 Å². The van der Waals surface area contributed by atoms with Crippen molar-refractivity contribution in [2.75, 3.05) is 0 Å². The van der Waals surface area contributed by atoms with Crippen LogP contribution in [-0.4, -0.2) is 19.1 Å². The van der Waals surface area contributed by atoms with Crippen molar-refractivity contribution in [1.29, 1.82) is 0 Å². The standard InChI is InChI=1S/C42H26N4/c1-2-11-31(12-3-1)45-37-16-8-6-14-33(37)35-22-20-29(25-40(35)45)28-21-23-39-36(24-28)34-15-7-9-17-38(34)46(39)42-43-26-30-19-18-27-10-4-5-13-32(27)41(30)44-42/h1-26H. The van der Waals surface area contributed by atoms with Crippen LogP contribution < -0.4 is 0 Å². The predicted octanol–water partition coefficient (Wildman–Crippen LogP) is 10.6. The Kier molecular flexibility index (Phi) is 5.25. The lowest BCUT2D eigenvalue weighted by atomic mass is 10.0. The van der Waals surface area contributed by atoms with E-state index in [0.29, 0.717) is 5.95 Å². The van der Waals surface area contributed by atoms with Crippen LogP contribution in [0.2, 0.25) is 0 Å². The molecule has 3 heterocycles. The van der Waals surface area contributed by atoms with Crippen LogP contribution in [0.1, 0.15) is 0 Å². The highest BCUT2D eigenvalue weighted by Gasteiger charge is 2.17. The number of rotatable bonds is 3. The van der Waals surface area contributed by atoms with E-state index in [1.165, 1.54) is 49.1 Å². The number of benzene rings is 7. The average Bonchev–Trinajstić information content (AvgIpc) is 3.64. The van der Waals surface area contributed by atoms with Gasteiger partial charge in [0.2, 0.25) is 5.95 Å². The maximum Gasteiger partial charge on any atom is 0.235 e. The van der Waals surface area contributed by atoms with E-state index in [1.54, 1.807) is 0 Å². The third-order valence-corrected chi connectivity index (χ3v) is 9.36. The lowest BCUT2D eigenvalue weighted by molar-refractivity contribution is 1.01. The molecule has 3 aromatic heterocycles. The fraction of sp³-hybridized carbons (Fsp3) is 0. The van der Waals surface area contributed by atoms with Gasteiger partial charge in [0.15, 0.2) is 0 Å². The Hall–Kier alpha value is -6.26. The summed E-state index contributed by atoms with van der Waals surface area (Å²) in [6.07, 6.45) is 1.94. The van der Waals surface area contributed by atoms with Crippen molar-refractivity contribution in [3.63, 3.8) is 0 Å². The zero-order valence-electron chi connectivity index (χ0n) is 24.8. The summed E-state index contributed by atoms with van der Waals surface area (Å²) in [4.78, 5) is 10.0. The average molecular weight is 587 g/mol. The summed E-state index contributed by atoms with van der Waals surface area (Å²) >= 11 is 0. The second-order valence-electron chi connectivity index (χ2n) is 11.9. The Labute approximate surface area is 264 Å². The van der Waals surface area contributed by atoms with Gasteiger partial charge in [-0.15, -0.1) is 0 Å². The van der Waals surface area contributed by atoms with Crippen LogP contribution in [0.15, 0.2) is 158 Å². The molecule has 0 radical (unpaired) electrons. The molecule has 0 N–H and O–H groups in total. The zero-order valence-corrected chi connectivity index (χ0v) is 24.8. The molecule has 10 aromatic rings. The van der Waals surface area contributed by atoms with Gasteiger partial charge in [-0.05, 0) is 59.0 Å². The molecule has 0 amide bonds. The minimum Gasteiger partial charge on any atom is -0.309 e. The number of para-hydroxylation sites is 3. The van der Waals surface area contributed by atoms with Crippen molar-refractivity contribution in [1.82, 2.24) is 19.1 Å². The lowest BCUT2D eigenvalue weighted by Crippen LogP contribution is -2.01. The summed E-state index contributed by atoms with van der Waals surface area (Å²) < 4.78 is 4.57. The highest BCUT2D eigenvalue weighted by atomic mass is 15.2. The minimum atomic E-state index is 0.677. The molecule has 0 bridgehead atoms. The topological polar surface area (TPSA) is 35.6 Å². The van der Waals surface area contributed by atoms with Gasteiger partial charge in [0.05, 0.1) is 27.6 Å². The maximum absolute atomic E-state index is 5.17. The Bertz CT molecular complexity index is 2810. The van der Waals surface area contributed by atoms with Gasteiger partial charge in [0.1, 0.15) is 0 Å². The summed E-state index contributed by atoms with van der Waals surface area (Å²) in [6, 6.07) is 54.1. The smallest absolute Gasteiger partial charge is 0.235 e. The van der Waals surface area contributed by atoms with Gasteiger partial charge < -0.3 is 4.57 Å². The summed E-state index contributed by atoms with van der Waals surface area (Å²) in [6.45, 7) is 0. The van der Waals surface area contributed by atoms with Crippen LogP contribution in [0.25, 0.3) is 88.0 Å². The van der Waals surface area contributed by atoms with Gasteiger partial charge in [-0.25, -0.2) is 9.97 Å². The maximum atomic E-state index is 5.17. The summed E-state index contributed by atoms with van der Waals surface area (Å²) in [5.41, 5.74) is 9.07. The van der Waals surface area contributed by atoms with E-state index in [4.69, 9.17) is 9.97 Å². The first-order valence-electron chi connectivity index (χ1n) is 15.6. The van der Waals surface area contributed by atoms with Crippen LogP contribution in [0, 0.1) is 0 Å². The third kappa shape index (κ3) is 3.61. The van der Waals surface area contributed by atoms with Crippen LogP contribution in [-0.2, 0) is 0 Å². The Morgan fingerprint density at radius 1 is 0.391 bits per heavy atom. The van der Waals surface area contributed by atoms with Crippen LogP contribution in [0.3, 0.4) is 0 Å². The van der Waals surface area contributed by atoms with Crippen molar-refractivity contribution < 1.29 is 0 Å². The molecular weight excluding hydrogens is 560 g/mol. The number of hydrogen-bond acceptors (Lipinski definition) is 2. The van der Waals surface area contributed by atoms with E-state index in [0.717, 1.165) is 33.0 Å². The minimum absolute atomic E-state index is 0.677. The van der Waals surface area contributed by atoms with Crippen LogP contribution in [0.4, 0.5) is 0 Å². The van der Waals surface area contributed by atoms with Crippen LogP contribution >= 0.6 is 0 Å². The normalized spacial score (nSPS) is 11.9. The van der Waals surface area contributed by atoms with Gasteiger partial charge in [0.25, 0.3) is 0 Å². The van der Waals surface area contributed by atoms with E-state index in [2.05, 4.69) is 161 Å². The van der Waals surface area contributed by atoms with Gasteiger partial charge >= 0.3 is 0 Å². The number of aromatic nitrogens is 4. The molecule has 0 saturated carbocycles. The molecule has 0 aliphatic carbocycles. The molecule has 214 valence electrons. The van der Waals surface area contributed by atoms with Crippen molar-refractivity contribution in [2.45, 2.75) is 0 Å². The highest BCUT2D eigenvalue weighted by Crippen LogP contribution is 2.38. The zero-order chi connectivity index (χ0) is 30.2. The molecule has 0 unspecified atom stereocenters. The molecule has 0 aliphatic heterocycles. The molecule has 4 nitrogen and oxygen atoms in total. The van der Waals surface area contributed by atoms with Gasteiger partial charge in [0, 0.05) is 44.2 Å². The van der Waals surface area contributed by atoms with Crippen molar-refractivity contribution in [3.8, 4) is 22.8 Å². The molecule has 46 heavy (non-hydrogen) atoms. The largest absolute Gasteiger partial charge is 0.309 e. The fourth-order valence-corrected chi connectivity index (χ4v) is 7.24. The fourth-order valence-electron chi connectivity index (χ4n) is 7.24. The second kappa shape index (κ2) is 9.62. The molecular formula is C42H26N4. The lowest BCUT2D eigenvalue weighted by Gasteiger charge is -2.10. The van der Waals surface area contributed by atoms with Crippen LogP contribution in [0.5, 0.6) is 0 Å². The monoisotopic (exact) mass is 586 g/mol. The number of hydrogen-bond donors (Lipinski definition) is 0. The van der Waals surface area contributed by atoms with E-state index in [-0.39, 0.29) is 0 Å². The van der Waals surface area contributed by atoms with Crippen molar-refractivity contribution in [3.05, 3.63) is 158 Å². The third-order valence-electron chi connectivity index (χ3n) is 9.36. The Morgan fingerprint density at radius 3 is 1.85 bits per heavy atom. The Morgan fingerprint density at radius 2 is 1.00 bits per heavy atom. The summed E-state index contributed by atoms with van der Waals surface area (Å²) in [5, 5.41) is 8.22. The number of fused-ring (bicyclic) bond motifs is 9. The molecule has 4 heteroatoms. The molecule has 0 atom stereocenters. The molecule has 0 aliphatic rings. The first-order chi connectivity index (χ1) is 22.8. The Balaban J connectivity index is 1.19. The SMILES string of the molecule is c1ccc(-n2c3ccccc3c3ccc(-c4ccc5c(c4)c4ccccc4n5-c4ncc5ccc6ccccc6c5n4)cc32)cc1. The molecule has 7 aromatic carbocycles. The molecule has 0 spiro atoms. The number of nitrogens with zero attached hydrogens (tertiary/aromatic N) is 4. The first kappa shape index (κ1) is 25.1. The summed E-state index contributed by atoms with van der Waals surface area (Å²) in [7, 11) is 0. The summed E-state index contributed by atoms with van der Waals surface area (Å²) in [5.74, 6) is 0.677. The highest BCUT2D eigenvalue weighted by molar-refractivity contribution is 6.12. The van der Waals surface area contributed by atoms with Crippen molar-refractivity contribution >= 4 is 65.3 Å². The van der Waals surface area contributed by atoms with E-state index < -0.39 is 0 Å². The van der Waals surface area contributed by atoms with E-state index in [9.17, 15) is 0 Å². The molecule has 10 rings (SSSR count). The van der Waals surface area contributed by atoms with E-state index in [1.807, 2.05) is 6.20 Å². The quantitative estimate of drug-likeness (QED) is 0.193. The van der Waals surface area contributed by atoms with Gasteiger partial charge in [-0.1, -0.05) is 109 Å². The van der Waals surface area contributed by atoms with Gasteiger partial charge in [-0.3, -0.25) is 4.57 Å². The van der Waals surface area contributed by atoms with E-state index >= 15 is 0 Å². The predicted molar refractivity (Wildman–Crippen MR) is 191 cm³/mol. The molecule has 0 fully saturated rings. The van der Waals surface area contributed by atoms with Crippen molar-refractivity contribution in [2.24, 2.45) is 0 Å².